The zero-order valence-corrected chi connectivity index (χ0v) is 23.0. The standard InChI is InChI=1S/C28H32O15/c1-37-15-5-11(3-4-13(15)31)26-27(23(34)21-14(32)6-12(30)7-17(21)41-26)43-28-25(36)24(35)22(33)19(42-28)10-39-16-8-20(38-2)40-18(16)9-29/h3-7,16,18-20,22,24-25,28-33,35-36H,8-10H2,1-2H3/t16-,18-,19-,20-,22-,24+,25-,28+/m1/s1. The summed E-state index contributed by atoms with van der Waals surface area (Å²) in [4.78, 5) is 13.7. The summed E-state index contributed by atoms with van der Waals surface area (Å²) in [5.74, 6) is -2.05. The molecule has 2 aliphatic rings. The molecule has 15 heteroatoms. The minimum absolute atomic E-state index is 0.0162. The maximum Gasteiger partial charge on any atom is 0.239 e. The molecule has 0 saturated carbocycles. The molecule has 0 aliphatic carbocycles. The minimum atomic E-state index is -1.87. The molecule has 0 amide bonds. The van der Waals surface area contributed by atoms with Crippen molar-refractivity contribution in [2.75, 3.05) is 27.4 Å². The summed E-state index contributed by atoms with van der Waals surface area (Å²) in [6.07, 6.45) is -10.0. The first-order chi connectivity index (χ1) is 20.6. The molecule has 2 saturated heterocycles. The molecule has 3 aromatic rings. The van der Waals surface area contributed by atoms with E-state index < -0.39 is 71.9 Å². The van der Waals surface area contributed by atoms with Crippen LogP contribution in [0.4, 0.5) is 0 Å². The molecule has 7 N–H and O–H groups in total. The van der Waals surface area contributed by atoms with E-state index in [1.54, 1.807) is 0 Å². The molecule has 2 aliphatic heterocycles. The molecule has 15 nitrogen and oxygen atoms in total. The summed E-state index contributed by atoms with van der Waals surface area (Å²) < 4.78 is 39.0. The third-order valence-corrected chi connectivity index (χ3v) is 7.35. The van der Waals surface area contributed by atoms with Crippen molar-refractivity contribution >= 4 is 11.0 Å². The summed E-state index contributed by atoms with van der Waals surface area (Å²) in [6.45, 7) is -0.695. The lowest BCUT2D eigenvalue weighted by Crippen LogP contribution is -2.60. The van der Waals surface area contributed by atoms with Crippen molar-refractivity contribution in [2.24, 2.45) is 0 Å². The number of rotatable bonds is 9. The molecular weight excluding hydrogens is 576 g/mol. The van der Waals surface area contributed by atoms with E-state index in [0.29, 0.717) is 0 Å². The highest BCUT2D eigenvalue weighted by molar-refractivity contribution is 5.88. The fourth-order valence-corrected chi connectivity index (χ4v) is 5.04. The maximum absolute atomic E-state index is 13.7. The van der Waals surface area contributed by atoms with Gasteiger partial charge in [0.05, 0.1) is 26.4 Å². The van der Waals surface area contributed by atoms with Crippen LogP contribution in [0.25, 0.3) is 22.3 Å². The van der Waals surface area contributed by atoms with Crippen molar-refractivity contribution in [2.45, 2.75) is 55.6 Å². The Morgan fingerprint density at radius 2 is 1.70 bits per heavy atom. The van der Waals surface area contributed by atoms with E-state index in [-0.39, 0.29) is 53.4 Å². The van der Waals surface area contributed by atoms with E-state index in [9.17, 15) is 40.5 Å². The van der Waals surface area contributed by atoms with Crippen LogP contribution in [0.1, 0.15) is 6.42 Å². The predicted molar refractivity (Wildman–Crippen MR) is 144 cm³/mol. The number of aliphatic hydroxyl groups is 4. The second kappa shape index (κ2) is 12.5. The van der Waals surface area contributed by atoms with Crippen LogP contribution in [-0.2, 0) is 18.9 Å². The first kappa shape index (κ1) is 30.8. The highest BCUT2D eigenvalue weighted by Crippen LogP contribution is 2.39. The number of ether oxygens (including phenoxy) is 6. The van der Waals surface area contributed by atoms with E-state index in [1.165, 1.54) is 32.4 Å². The van der Waals surface area contributed by atoms with Gasteiger partial charge in [0.15, 0.2) is 23.5 Å². The quantitative estimate of drug-likeness (QED) is 0.168. The molecule has 8 atom stereocenters. The number of hydrogen-bond acceptors (Lipinski definition) is 15. The SMILES string of the molecule is COc1cc(-c2oc3cc(O)cc(O)c3c(=O)c2O[C@@H]2O[C@H](CO[C@@H]3C[C@H](OC)O[C@@H]3CO)[C@@H](O)[C@H](O)[C@H]2O)ccc1O. The molecule has 1 aromatic heterocycles. The predicted octanol–water partition coefficient (Wildman–Crippen LogP) is -0.0893. The van der Waals surface area contributed by atoms with Gasteiger partial charge in [-0.25, -0.2) is 0 Å². The van der Waals surface area contributed by atoms with Crippen LogP contribution in [0.2, 0.25) is 0 Å². The Bertz CT molecular complexity index is 1510. The Hall–Kier alpha value is -3.67. The maximum atomic E-state index is 13.7. The van der Waals surface area contributed by atoms with Crippen molar-refractivity contribution in [1.82, 2.24) is 0 Å². The lowest BCUT2D eigenvalue weighted by atomic mass is 9.99. The van der Waals surface area contributed by atoms with E-state index >= 15 is 0 Å². The van der Waals surface area contributed by atoms with Gasteiger partial charge in [-0.3, -0.25) is 4.79 Å². The number of hydrogen-bond donors (Lipinski definition) is 7. The second-order valence-electron chi connectivity index (χ2n) is 10.1. The molecule has 0 bridgehead atoms. The monoisotopic (exact) mass is 608 g/mol. The molecule has 0 unspecified atom stereocenters. The van der Waals surface area contributed by atoms with Crippen LogP contribution in [0.5, 0.6) is 28.7 Å². The van der Waals surface area contributed by atoms with Gasteiger partial charge in [0.1, 0.15) is 53.0 Å². The lowest BCUT2D eigenvalue weighted by molar-refractivity contribution is -0.282. The molecular formula is C28H32O15. The zero-order valence-electron chi connectivity index (χ0n) is 23.0. The van der Waals surface area contributed by atoms with Gasteiger partial charge in [0.25, 0.3) is 0 Å². The Labute approximate surface area is 243 Å². The molecule has 43 heavy (non-hydrogen) atoms. The molecule has 2 aromatic carbocycles. The normalized spacial score (nSPS) is 29.2. The molecule has 5 rings (SSSR count). The first-order valence-electron chi connectivity index (χ1n) is 13.2. The van der Waals surface area contributed by atoms with Gasteiger partial charge in [-0.2, -0.15) is 0 Å². The summed E-state index contributed by atoms with van der Waals surface area (Å²) in [6, 6.07) is 5.99. The molecule has 2 fully saturated rings. The van der Waals surface area contributed by atoms with Crippen molar-refractivity contribution in [3.63, 3.8) is 0 Å². The number of phenolic OH excluding ortho intramolecular Hbond substituents is 3. The van der Waals surface area contributed by atoms with Gasteiger partial charge in [-0.1, -0.05) is 0 Å². The largest absolute Gasteiger partial charge is 0.508 e. The summed E-state index contributed by atoms with van der Waals surface area (Å²) >= 11 is 0. The summed E-state index contributed by atoms with van der Waals surface area (Å²) in [7, 11) is 2.74. The van der Waals surface area contributed by atoms with Gasteiger partial charge in [-0.15, -0.1) is 0 Å². The van der Waals surface area contributed by atoms with Crippen LogP contribution < -0.4 is 14.9 Å². The fraction of sp³-hybridized carbons (Fsp3) is 0.464. The van der Waals surface area contributed by atoms with Crippen molar-refractivity contribution in [1.29, 1.82) is 0 Å². The summed E-state index contributed by atoms with van der Waals surface area (Å²) in [5.41, 5.74) is -0.985. The molecule has 0 radical (unpaired) electrons. The fourth-order valence-electron chi connectivity index (χ4n) is 5.04. The first-order valence-corrected chi connectivity index (χ1v) is 13.2. The van der Waals surface area contributed by atoms with Gasteiger partial charge in [0.2, 0.25) is 17.5 Å². The number of benzene rings is 2. The molecule has 3 heterocycles. The van der Waals surface area contributed by atoms with Crippen LogP contribution in [0, 0.1) is 0 Å². The zero-order chi connectivity index (χ0) is 31.0. The van der Waals surface area contributed by atoms with Crippen LogP contribution in [0.15, 0.2) is 39.5 Å². The number of methoxy groups -OCH3 is 2. The third kappa shape index (κ3) is 5.93. The average Bonchev–Trinajstić information content (AvgIpc) is 3.40. The molecule has 234 valence electrons. The Kier molecular flexibility index (Phi) is 8.96. The van der Waals surface area contributed by atoms with Crippen LogP contribution in [0.3, 0.4) is 0 Å². The highest BCUT2D eigenvalue weighted by atomic mass is 16.7. The number of fused-ring (bicyclic) bond motifs is 1. The topological polar surface area (TPSA) is 227 Å². The van der Waals surface area contributed by atoms with Crippen molar-refractivity contribution in [3.8, 4) is 40.1 Å². The van der Waals surface area contributed by atoms with Gasteiger partial charge in [0, 0.05) is 31.2 Å². The van der Waals surface area contributed by atoms with Gasteiger partial charge in [-0.05, 0) is 18.2 Å². The van der Waals surface area contributed by atoms with Gasteiger partial charge < -0.3 is 68.6 Å². The average molecular weight is 609 g/mol. The highest BCUT2D eigenvalue weighted by Gasteiger charge is 2.47. The lowest BCUT2D eigenvalue weighted by Gasteiger charge is -2.40. The van der Waals surface area contributed by atoms with E-state index in [1.807, 2.05) is 0 Å². The van der Waals surface area contributed by atoms with Crippen molar-refractivity contribution < 1.29 is 68.6 Å². The minimum Gasteiger partial charge on any atom is -0.508 e. The van der Waals surface area contributed by atoms with Gasteiger partial charge >= 0.3 is 0 Å². The smallest absolute Gasteiger partial charge is 0.239 e. The number of aliphatic hydroxyl groups excluding tert-OH is 4. The van der Waals surface area contributed by atoms with Crippen LogP contribution in [-0.4, -0.2) is 112 Å². The number of phenols is 3. The van der Waals surface area contributed by atoms with E-state index in [4.69, 9.17) is 32.8 Å². The van der Waals surface area contributed by atoms with Crippen LogP contribution >= 0.6 is 0 Å². The molecule has 0 spiro atoms. The second-order valence-corrected chi connectivity index (χ2v) is 10.1. The Balaban J connectivity index is 1.49. The number of aromatic hydroxyl groups is 3. The third-order valence-electron chi connectivity index (χ3n) is 7.35. The Morgan fingerprint density at radius 3 is 2.40 bits per heavy atom. The van der Waals surface area contributed by atoms with E-state index in [0.717, 1.165) is 12.1 Å². The Morgan fingerprint density at radius 1 is 0.930 bits per heavy atom. The van der Waals surface area contributed by atoms with E-state index in [2.05, 4.69) is 0 Å². The van der Waals surface area contributed by atoms with Crippen molar-refractivity contribution in [3.05, 3.63) is 40.6 Å². The summed E-state index contributed by atoms with van der Waals surface area (Å²) in [5, 5.41) is 71.7.